The molecule has 8 heteroatoms. The number of rotatable bonds is 4. The van der Waals surface area contributed by atoms with Crippen LogP contribution in [0, 0.1) is 0 Å². The smallest absolute Gasteiger partial charge is 0.325 e. The number of carboxylic acids is 1. The SMILES string of the molecule is O=C(O)Cn1ccc(C2CCCN(C(=O)Nc3ccc(Cl)cc3)C2)n1. The number of nitrogens with zero attached hydrogens (tertiary/aromatic N) is 3. The number of hydrogen-bond acceptors (Lipinski definition) is 3. The Balaban J connectivity index is 1.62. The largest absolute Gasteiger partial charge is 0.480 e. The van der Waals surface area contributed by atoms with Gasteiger partial charge in [0.2, 0.25) is 0 Å². The predicted octanol–water partition coefficient (Wildman–Crippen LogP) is 3.03. The number of carboxylic acid groups (broad SMARTS) is 1. The molecular weight excluding hydrogens is 344 g/mol. The lowest BCUT2D eigenvalue weighted by molar-refractivity contribution is -0.137. The maximum atomic E-state index is 12.5. The highest BCUT2D eigenvalue weighted by atomic mass is 35.5. The summed E-state index contributed by atoms with van der Waals surface area (Å²) >= 11 is 5.85. The molecule has 0 spiro atoms. The lowest BCUT2D eigenvalue weighted by atomic mass is 9.95. The van der Waals surface area contributed by atoms with E-state index in [-0.39, 0.29) is 18.5 Å². The minimum absolute atomic E-state index is 0.111. The predicted molar refractivity (Wildman–Crippen MR) is 93.9 cm³/mol. The Hall–Kier alpha value is -2.54. The summed E-state index contributed by atoms with van der Waals surface area (Å²) in [6.45, 7) is 1.09. The van der Waals surface area contributed by atoms with Gasteiger partial charge in [-0.25, -0.2) is 4.79 Å². The molecule has 0 saturated carbocycles. The fourth-order valence-corrected chi connectivity index (χ4v) is 3.09. The van der Waals surface area contributed by atoms with Gasteiger partial charge < -0.3 is 15.3 Å². The van der Waals surface area contributed by atoms with Crippen LogP contribution in [-0.4, -0.2) is 44.9 Å². The topological polar surface area (TPSA) is 87.5 Å². The standard InChI is InChI=1S/C17H19ClN4O3/c18-13-3-5-14(6-4-13)19-17(25)21-8-1-2-12(10-21)15-7-9-22(20-15)11-16(23)24/h3-7,9,12H,1-2,8,10-11H2,(H,19,25)(H,23,24). The van der Waals surface area contributed by atoms with Crippen LogP contribution in [0.5, 0.6) is 0 Å². The van der Waals surface area contributed by atoms with Gasteiger partial charge in [-0.15, -0.1) is 0 Å². The van der Waals surface area contributed by atoms with Crippen LogP contribution < -0.4 is 5.32 Å². The van der Waals surface area contributed by atoms with Crippen molar-refractivity contribution < 1.29 is 14.7 Å². The van der Waals surface area contributed by atoms with Crippen molar-refractivity contribution >= 4 is 29.3 Å². The van der Waals surface area contributed by atoms with E-state index in [1.54, 1.807) is 35.4 Å². The fourth-order valence-electron chi connectivity index (χ4n) is 2.96. The minimum Gasteiger partial charge on any atom is -0.480 e. The van der Waals surface area contributed by atoms with E-state index >= 15 is 0 Å². The number of likely N-dealkylation sites (tertiary alicyclic amines) is 1. The minimum atomic E-state index is -0.928. The molecule has 2 amide bonds. The van der Waals surface area contributed by atoms with Crippen LogP contribution in [0.4, 0.5) is 10.5 Å². The van der Waals surface area contributed by atoms with Gasteiger partial charge >= 0.3 is 12.0 Å². The summed E-state index contributed by atoms with van der Waals surface area (Å²) in [6.07, 6.45) is 3.47. The van der Waals surface area contributed by atoms with Crippen molar-refractivity contribution in [2.75, 3.05) is 18.4 Å². The molecule has 0 bridgehead atoms. The van der Waals surface area contributed by atoms with Crippen molar-refractivity contribution in [3.05, 3.63) is 47.2 Å². The molecule has 25 heavy (non-hydrogen) atoms. The Morgan fingerprint density at radius 3 is 2.76 bits per heavy atom. The zero-order chi connectivity index (χ0) is 17.8. The number of anilines is 1. The summed E-state index contributed by atoms with van der Waals surface area (Å²) in [5, 5.41) is 16.6. The van der Waals surface area contributed by atoms with Crippen molar-refractivity contribution in [3.8, 4) is 0 Å². The van der Waals surface area contributed by atoms with E-state index in [1.807, 2.05) is 6.07 Å². The van der Waals surface area contributed by atoms with Gasteiger partial charge in [-0.05, 0) is 43.2 Å². The Bertz CT molecular complexity index is 760. The molecule has 132 valence electrons. The third-order valence-corrected chi connectivity index (χ3v) is 4.43. The first-order chi connectivity index (χ1) is 12.0. The third-order valence-electron chi connectivity index (χ3n) is 4.18. The molecule has 1 aliphatic rings. The maximum absolute atomic E-state index is 12.5. The highest BCUT2D eigenvalue weighted by Crippen LogP contribution is 2.26. The second kappa shape index (κ2) is 7.57. The van der Waals surface area contributed by atoms with E-state index in [1.165, 1.54) is 4.68 Å². The van der Waals surface area contributed by atoms with E-state index in [9.17, 15) is 9.59 Å². The van der Waals surface area contributed by atoms with Gasteiger partial charge in [0.1, 0.15) is 6.54 Å². The fraction of sp³-hybridized carbons (Fsp3) is 0.353. The van der Waals surface area contributed by atoms with Crippen molar-refractivity contribution in [1.82, 2.24) is 14.7 Å². The highest BCUT2D eigenvalue weighted by Gasteiger charge is 2.26. The summed E-state index contributed by atoms with van der Waals surface area (Å²) in [5.41, 5.74) is 1.52. The molecule has 2 aromatic rings. The Labute approximate surface area is 150 Å². The highest BCUT2D eigenvalue weighted by molar-refractivity contribution is 6.30. The molecule has 1 saturated heterocycles. The van der Waals surface area contributed by atoms with Gasteiger partial charge in [-0.1, -0.05) is 11.6 Å². The van der Waals surface area contributed by atoms with Gasteiger partial charge in [0.25, 0.3) is 0 Å². The number of piperidine rings is 1. The summed E-state index contributed by atoms with van der Waals surface area (Å²) < 4.78 is 1.41. The molecule has 2 N–H and O–H groups in total. The number of halogens is 1. The van der Waals surface area contributed by atoms with Gasteiger partial charge in [-0.3, -0.25) is 9.48 Å². The summed E-state index contributed by atoms with van der Waals surface area (Å²) in [7, 11) is 0. The number of hydrogen-bond donors (Lipinski definition) is 2. The molecule has 7 nitrogen and oxygen atoms in total. The van der Waals surface area contributed by atoms with Crippen LogP contribution in [0.1, 0.15) is 24.5 Å². The van der Waals surface area contributed by atoms with Crippen LogP contribution in [0.15, 0.2) is 36.5 Å². The molecule has 0 aliphatic carbocycles. The summed E-state index contributed by atoms with van der Waals surface area (Å²) in [5.74, 6) is -0.818. The lowest BCUT2D eigenvalue weighted by Crippen LogP contribution is -2.41. The normalized spacial score (nSPS) is 17.3. The van der Waals surface area contributed by atoms with Gasteiger partial charge in [0.05, 0.1) is 5.69 Å². The summed E-state index contributed by atoms with van der Waals surface area (Å²) in [4.78, 5) is 25.0. The van der Waals surface area contributed by atoms with E-state index < -0.39 is 5.97 Å². The Morgan fingerprint density at radius 1 is 1.28 bits per heavy atom. The molecule has 1 aromatic heterocycles. The van der Waals surface area contributed by atoms with Crippen molar-refractivity contribution in [1.29, 1.82) is 0 Å². The van der Waals surface area contributed by atoms with E-state index in [4.69, 9.17) is 16.7 Å². The maximum Gasteiger partial charge on any atom is 0.325 e. The number of amides is 2. The average Bonchev–Trinajstić information content (AvgIpc) is 3.05. The number of carbonyl (C=O) groups excluding carboxylic acids is 1. The first-order valence-electron chi connectivity index (χ1n) is 8.08. The first kappa shape index (κ1) is 17.3. The van der Waals surface area contributed by atoms with E-state index in [0.29, 0.717) is 23.8 Å². The van der Waals surface area contributed by atoms with Gasteiger partial charge in [0, 0.05) is 35.9 Å². The molecule has 1 unspecified atom stereocenters. The second-order valence-corrected chi connectivity index (χ2v) is 6.49. The van der Waals surface area contributed by atoms with E-state index in [2.05, 4.69) is 10.4 Å². The first-order valence-corrected chi connectivity index (χ1v) is 8.45. The number of aliphatic carboxylic acids is 1. The summed E-state index contributed by atoms with van der Waals surface area (Å²) in [6, 6.07) is 8.65. The van der Waals surface area contributed by atoms with Crippen molar-refractivity contribution in [2.24, 2.45) is 0 Å². The van der Waals surface area contributed by atoms with Crippen LogP contribution in [-0.2, 0) is 11.3 Å². The number of carbonyl (C=O) groups is 2. The van der Waals surface area contributed by atoms with Crippen molar-refractivity contribution in [3.63, 3.8) is 0 Å². The number of nitrogens with one attached hydrogen (secondary N) is 1. The van der Waals surface area contributed by atoms with Gasteiger partial charge in [0.15, 0.2) is 0 Å². The Morgan fingerprint density at radius 2 is 2.04 bits per heavy atom. The van der Waals surface area contributed by atoms with Crippen LogP contribution in [0.3, 0.4) is 0 Å². The van der Waals surface area contributed by atoms with E-state index in [0.717, 1.165) is 18.5 Å². The zero-order valence-electron chi connectivity index (χ0n) is 13.6. The molecule has 1 aromatic carbocycles. The molecular formula is C17H19ClN4O3. The number of benzene rings is 1. The van der Waals surface area contributed by atoms with Gasteiger partial charge in [-0.2, -0.15) is 5.10 Å². The molecule has 1 aliphatic heterocycles. The van der Waals surface area contributed by atoms with Crippen molar-refractivity contribution in [2.45, 2.75) is 25.3 Å². The average molecular weight is 363 g/mol. The molecule has 1 atom stereocenters. The molecule has 1 fully saturated rings. The molecule has 3 rings (SSSR count). The molecule has 0 radical (unpaired) electrons. The van der Waals surface area contributed by atoms with Crippen LogP contribution in [0.25, 0.3) is 0 Å². The number of urea groups is 1. The Kier molecular flexibility index (Phi) is 5.23. The lowest BCUT2D eigenvalue weighted by Gasteiger charge is -2.32. The quantitative estimate of drug-likeness (QED) is 0.875. The second-order valence-electron chi connectivity index (χ2n) is 6.05. The van der Waals surface area contributed by atoms with Crippen LogP contribution >= 0.6 is 11.6 Å². The zero-order valence-corrected chi connectivity index (χ0v) is 14.3. The number of aromatic nitrogens is 2. The molecule has 2 heterocycles. The monoisotopic (exact) mass is 362 g/mol. The third kappa shape index (κ3) is 4.51. The van der Waals surface area contributed by atoms with Crippen LogP contribution in [0.2, 0.25) is 5.02 Å².